The zero-order valence-corrected chi connectivity index (χ0v) is 17.8. The molecule has 158 valence electrons. The summed E-state index contributed by atoms with van der Waals surface area (Å²) in [5.74, 6) is 0.0152. The number of aliphatic hydroxyl groups is 1. The van der Waals surface area contributed by atoms with Crippen LogP contribution < -0.4 is 5.32 Å². The van der Waals surface area contributed by atoms with Gasteiger partial charge in [0.1, 0.15) is 6.10 Å². The number of nitrogens with zero attached hydrogens (tertiary/aromatic N) is 1. The van der Waals surface area contributed by atoms with Crippen molar-refractivity contribution in [3.05, 3.63) is 60.4 Å². The average molecular weight is 407 g/mol. The fraction of sp³-hybridized carbons (Fsp3) is 0.440. The number of cyclic esters (lactones) is 1. The summed E-state index contributed by atoms with van der Waals surface area (Å²) in [5, 5.41) is 14.5. The Morgan fingerprint density at radius 3 is 2.63 bits per heavy atom. The third-order valence-electron chi connectivity index (χ3n) is 6.79. The van der Waals surface area contributed by atoms with Crippen molar-refractivity contribution >= 4 is 23.4 Å². The van der Waals surface area contributed by atoms with Crippen LogP contribution in [0, 0.1) is 23.7 Å². The van der Waals surface area contributed by atoms with Gasteiger partial charge in [0, 0.05) is 11.6 Å². The molecule has 4 rings (SSSR count). The lowest BCUT2D eigenvalue weighted by Crippen LogP contribution is -2.53. The van der Waals surface area contributed by atoms with Crippen LogP contribution in [0.4, 0.5) is 11.4 Å². The van der Waals surface area contributed by atoms with E-state index in [0.717, 1.165) is 23.5 Å². The lowest BCUT2D eigenvalue weighted by atomic mass is 9.59. The number of para-hydroxylation sites is 1. The quantitative estimate of drug-likeness (QED) is 0.697. The van der Waals surface area contributed by atoms with Crippen molar-refractivity contribution in [3.8, 4) is 0 Å². The van der Waals surface area contributed by atoms with Crippen LogP contribution in [0.5, 0.6) is 0 Å². The molecule has 5 nitrogen and oxygen atoms in total. The van der Waals surface area contributed by atoms with Gasteiger partial charge in [-0.15, -0.1) is 0 Å². The summed E-state index contributed by atoms with van der Waals surface area (Å²) >= 11 is 0. The molecule has 0 spiro atoms. The highest BCUT2D eigenvalue weighted by Crippen LogP contribution is 2.52. The first kappa shape index (κ1) is 20.6. The number of anilines is 2. The average Bonchev–Trinajstić information content (AvgIpc) is 2.95. The third-order valence-corrected chi connectivity index (χ3v) is 6.79. The molecule has 1 aliphatic carbocycles. The van der Waals surface area contributed by atoms with Crippen molar-refractivity contribution in [2.45, 2.75) is 45.3 Å². The van der Waals surface area contributed by atoms with Gasteiger partial charge in [0.25, 0.3) is 0 Å². The Hall–Kier alpha value is -2.66. The summed E-state index contributed by atoms with van der Waals surface area (Å²) in [5.41, 5.74) is 1.41. The van der Waals surface area contributed by atoms with Crippen LogP contribution in [0.3, 0.4) is 0 Å². The first-order valence-electron chi connectivity index (χ1n) is 10.8. The minimum Gasteiger partial charge on any atom is -0.460 e. The smallest absolute Gasteiger partial charge is 0.338 e. The molecule has 1 aliphatic heterocycles. The summed E-state index contributed by atoms with van der Waals surface area (Å²) in [6.45, 7) is 6.20. The number of hydrogen-bond donors (Lipinski definition) is 2. The molecule has 0 amide bonds. The molecule has 2 aliphatic rings. The van der Waals surface area contributed by atoms with Crippen LogP contribution >= 0.6 is 0 Å². The summed E-state index contributed by atoms with van der Waals surface area (Å²) in [6.07, 6.45) is 7.13. The highest BCUT2D eigenvalue weighted by atomic mass is 16.6. The van der Waals surface area contributed by atoms with E-state index >= 15 is 0 Å². The fourth-order valence-corrected chi connectivity index (χ4v) is 5.42. The summed E-state index contributed by atoms with van der Waals surface area (Å²) in [6, 6.07) is 14.0. The number of hydrogen-bond acceptors (Lipinski definition) is 5. The van der Waals surface area contributed by atoms with Gasteiger partial charge in [-0.2, -0.15) is 0 Å². The number of nitrogens with one attached hydrogen (secondary N) is 1. The second-order valence-corrected chi connectivity index (χ2v) is 8.71. The Morgan fingerprint density at radius 1 is 1.20 bits per heavy atom. The second kappa shape index (κ2) is 8.23. The highest BCUT2D eigenvalue weighted by molar-refractivity contribution is 5.82. The number of fused-ring (bicyclic) bond motifs is 1. The lowest BCUT2D eigenvalue weighted by molar-refractivity contribution is -0.160. The Bertz CT molecular complexity index is 912. The molecular formula is C25H30N2O3. The van der Waals surface area contributed by atoms with Gasteiger partial charge in [0.2, 0.25) is 0 Å². The second-order valence-electron chi connectivity index (χ2n) is 8.71. The maximum absolute atomic E-state index is 12.4. The Labute approximate surface area is 178 Å². The van der Waals surface area contributed by atoms with Crippen molar-refractivity contribution < 1.29 is 14.6 Å². The van der Waals surface area contributed by atoms with Crippen molar-refractivity contribution in [2.24, 2.45) is 23.7 Å². The summed E-state index contributed by atoms with van der Waals surface area (Å²) < 4.78 is 5.46. The zero-order chi connectivity index (χ0) is 21.3. The summed E-state index contributed by atoms with van der Waals surface area (Å²) in [4.78, 5) is 16.9. The summed E-state index contributed by atoms with van der Waals surface area (Å²) in [7, 11) is 0. The van der Waals surface area contributed by atoms with Gasteiger partial charge >= 0.3 is 5.97 Å². The van der Waals surface area contributed by atoms with Crippen LogP contribution in [-0.4, -0.2) is 27.8 Å². The van der Waals surface area contributed by atoms with E-state index in [4.69, 9.17) is 4.74 Å². The molecule has 0 bridgehead atoms. The van der Waals surface area contributed by atoms with Crippen molar-refractivity contribution in [3.63, 3.8) is 0 Å². The van der Waals surface area contributed by atoms with Gasteiger partial charge in [0.05, 0.1) is 17.6 Å². The first-order chi connectivity index (χ1) is 14.4. The predicted octanol–water partition coefficient (Wildman–Crippen LogP) is 4.81. The zero-order valence-electron chi connectivity index (χ0n) is 17.8. The molecule has 30 heavy (non-hydrogen) atoms. The van der Waals surface area contributed by atoms with Crippen molar-refractivity contribution in [1.82, 2.24) is 4.98 Å². The van der Waals surface area contributed by atoms with Crippen LogP contribution in [0.25, 0.3) is 6.08 Å². The molecule has 1 saturated carbocycles. The number of allylic oxidation sites excluding steroid dienone is 1. The lowest BCUT2D eigenvalue weighted by Gasteiger charge is -2.45. The molecule has 0 radical (unpaired) electrons. The predicted molar refractivity (Wildman–Crippen MR) is 118 cm³/mol. The molecule has 5 heteroatoms. The van der Waals surface area contributed by atoms with Crippen LogP contribution in [0.15, 0.2) is 54.7 Å². The van der Waals surface area contributed by atoms with E-state index in [1.165, 1.54) is 0 Å². The van der Waals surface area contributed by atoms with E-state index < -0.39 is 11.6 Å². The topological polar surface area (TPSA) is 71.5 Å². The first-order valence-corrected chi connectivity index (χ1v) is 10.8. The van der Waals surface area contributed by atoms with Crippen LogP contribution in [-0.2, 0) is 9.53 Å². The molecular weight excluding hydrogens is 376 g/mol. The molecule has 1 aromatic carbocycles. The number of pyridine rings is 1. The number of benzene rings is 1. The SMILES string of the molecule is CC[C@H]1[C@H](/C=C/c2ccc(Nc3ccccc3)cn2)[C@@H]2[C@@H](C)OC(=O)[C@]2(O)C[C@@H]1C. The van der Waals surface area contributed by atoms with E-state index in [1.807, 2.05) is 61.7 Å². The van der Waals surface area contributed by atoms with Crippen molar-refractivity contribution in [2.75, 3.05) is 5.32 Å². The fourth-order valence-electron chi connectivity index (χ4n) is 5.42. The van der Waals surface area contributed by atoms with Crippen LogP contribution in [0.1, 0.15) is 39.3 Å². The largest absolute Gasteiger partial charge is 0.460 e. The van der Waals surface area contributed by atoms with Gasteiger partial charge in [0.15, 0.2) is 5.60 Å². The molecule has 0 unspecified atom stereocenters. The van der Waals surface area contributed by atoms with E-state index in [2.05, 4.69) is 30.2 Å². The molecule has 6 atom stereocenters. The van der Waals surface area contributed by atoms with Crippen molar-refractivity contribution in [1.29, 1.82) is 0 Å². The molecule has 1 saturated heterocycles. The highest BCUT2D eigenvalue weighted by Gasteiger charge is 2.62. The Kier molecular flexibility index (Phi) is 5.65. The number of esters is 1. The van der Waals surface area contributed by atoms with Gasteiger partial charge in [-0.25, -0.2) is 4.79 Å². The maximum Gasteiger partial charge on any atom is 0.338 e. The van der Waals surface area contributed by atoms with E-state index in [9.17, 15) is 9.90 Å². The number of ether oxygens (including phenoxy) is 1. The van der Waals surface area contributed by atoms with E-state index in [1.54, 1.807) is 0 Å². The number of aromatic nitrogens is 1. The monoisotopic (exact) mass is 406 g/mol. The van der Waals surface area contributed by atoms with E-state index in [-0.39, 0.29) is 23.9 Å². The minimum absolute atomic E-state index is 0.0640. The van der Waals surface area contributed by atoms with Crippen LogP contribution in [0.2, 0.25) is 0 Å². The Morgan fingerprint density at radius 2 is 1.97 bits per heavy atom. The van der Waals surface area contributed by atoms with E-state index in [0.29, 0.717) is 12.3 Å². The standard InChI is InChI=1S/C25H30N2O3/c1-4-21-16(2)14-25(29)23(17(3)30-24(25)28)22(21)13-12-18-10-11-20(15-26-18)27-19-8-6-5-7-9-19/h5-13,15-17,21-23,27,29H,4,14H2,1-3H3/b13-12+/t16-,17+,21+,22-,23-,25-/m0/s1. The molecule has 1 aromatic heterocycles. The molecule has 2 fully saturated rings. The molecule has 2 heterocycles. The van der Waals surface area contributed by atoms with Gasteiger partial charge < -0.3 is 15.2 Å². The maximum atomic E-state index is 12.4. The molecule has 2 N–H and O–H groups in total. The molecule has 2 aromatic rings. The third kappa shape index (κ3) is 3.74. The van der Waals surface area contributed by atoms with Gasteiger partial charge in [-0.1, -0.05) is 44.5 Å². The number of carbonyl (C=O) groups excluding carboxylic acids is 1. The van der Waals surface area contributed by atoms with Gasteiger partial charge in [-0.05, 0) is 61.4 Å². The number of rotatable bonds is 5. The Balaban J connectivity index is 1.54. The number of carbonyl (C=O) groups is 1. The normalized spacial score (nSPS) is 33.3. The van der Waals surface area contributed by atoms with Gasteiger partial charge in [-0.3, -0.25) is 4.98 Å². The minimum atomic E-state index is -1.38.